The lowest BCUT2D eigenvalue weighted by Gasteiger charge is -2.27. The molecule has 0 radical (unpaired) electrons. The van der Waals surface area contributed by atoms with Crippen LogP contribution in [0.4, 0.5) is 0 Å². The molecule has 1 aromatic carbocycles. The van der Waals surface area contributed by atoms with Crippen LogP contribution in [0.15, 0.2) is 12.1 Å². The third kappa shape index (κ3) is 1.26. The quantitative estimate of drug-likeness (QED) is 0.466. The lowest BCUT2D eigenvalue weighted by Crippen LogP contribution is -2.30. The van der Waals surface area contributed by atoms with E-state index in [1.54, 1.807) is 0 Å². The molecule has 0 bridgehead atoms. The number of fused-ring (bicyclic) bond motifs is 1. The van der Waals surface area contributed by atoms with Crippen LogP contribution in [0, 0.1) is 0 Å². The van der Waals surface area contributed by atoms with Gasteiger partial charge in [-0.2, -0.15) is 0 Å². The van der Waals surface area contributed by atoms with Crippen molar-refractivity contribution in [2.75, 3.05) is 6.61 Å². The Morgan fingerprint density at radius 1 is 1.21 bits per heavy atom. The third-order valence-electron chi connectivity index (χ3n) is 2.17. The van der Waals surface area contributed by atoms with E-state index in [1.165, 1.54) is 6.07 Å². The van der Waals surface area contributed by atoms with Gasteiger partial charge >= 0.3 is 0 Å². The van der Waals surface area contributed by atoms with Gasteiger partial charge < -0.3 is 25.2 Å². The molecule has 0 fully saturated rings. The summed E-state index contributed by atoms with van der Waals surface area (Å²) in [6, 6.07) is 2.37. The van der Waals surface area contributed by atoms with Crippen LogP contribution in [0.5, 0.6) is 17.2 Å². The van der Waals surface area contributed by atoms with Crippen LogP contribution in [0.3, 0.4) is 0 Å². The fourth-order valence-electron chi connectivity index (χ4n) is 1.47. The number of phenolic OH excluding ortho intramolecular Hbond substituents is 2. The van der Waals surface area contributed by atoms with Gasteiger partial charge in [-0.25, -0.2) is 0 Å². The molecule has 14 heavy (non-hydrogen) atoms. The van der Waals surface area contributed by atoms with Gasteiger partial charge in [0.15, 0.2) is 0 Å². The minimum Gasteiger partial charge on any atom is -0.508 e. The van der Waals surface area contributed by atoms with E-state index in [2.05, 4.69) is 0 Å². The summed E-state index contributed by atoms with van der Waals surface area (Å²) in [4.78, 5) is 0. The Labute approximate surface area is 79.8 Å². The van der Waals surface area contributed by atoms with Gasteiger partial charge in [-0.15, -0.1) is 0 Å². The maximum Gasteiger partial charge on any atom is 0.132 e. The van der Waals surface area contributed by atoms with Gasteiger partial charge in [-0.05, 0) is 0 Å². The molecule has 1 aliphatic heterocycles. The predicted octanol–water partition coefficient (Wildman–Crippen LogP) is -0.116. The van der Waals surface area contributed by atoms with Gasteiger partial charge in [0.05, 0.1) is 5.56 Å². The number of aliphatic hydroxyl groups excluding tert-OH is 2. The molecular formula is C9H10O5. The first-order valence-electron chi connectivity index (χ1n) is 4.14. The number of phenols is 2. The predicted molar refractivity (Wildman–Crippen MR) is 46.2 cm³/mol. The van der Waals surface area contributed by atoms with Gasteiger partial charge in [0.1, 0.15) is 36.1 Å². The van der Waals surface area contributed by atoms with Gasteiger partial charge in [0, 0.05) is 12.1 Å². The summed E-state index contributed by atoms with van der Waals surface area (Å²) < 4.78 is 5.04. The maximum absolute atomic E-state index is 9.53. The molecule has 1 heterocycles. The Balaban J connectivity index is 2.54. The minimum absolute atomic E-state index is 0.0585. The van der Waals surface area contributed by atoms with Crippen molar-refractivity contribution in [2.45, 2.75) is 12.2 Å². The molecule has 1 aliphatic rings. The fraction of sp³-hybridized carbons (Fsp3) is 0.333. The lowest BCUT2D eigenvalue weighted by molar-refractivity contribution is -0.0269. The Morgan fingerprint density at radius 2 is 1.93 bits per heavy atom. The van der Waals surface area contributed by atoms with Crippen molar-refractivity contribution in [3.8, 4) is 17.2 Å². The molecule has 0 aliphatic carbocycles. The molecule has 1 unspecified atom stereocenters. The highest BCUT2D eigenvalue weighted by molar-refractivity contribution is 5.51. The standard InChI is InChI=1S/C9H10O5/c10-4-1-5(11)8-7(2-4)14-3-6(12)9(8)13/h1-2,6,9-13H,3H2/t6-,9?/m1/s1. The van der Waals surface area contributed by atoms with E-state index in [1.807, 2.05) is 0 Å². The zero-order valence-corrected chi connectivity index (χ0v) is 7.21. The molecule has 5 nitrogen and oxygen atoms in total. The maximum atomic E-state index is 9.53. The molecule has 2 atom stereocenters. The van der Waals surface area contributed by atoms with Crippen molar-refractivity contribution < 1.29 is 25.2 Å². The molecule has 4 N–H and O–H groups in total. The molecule has 0 amide bonds. The van der Waals surface area contributed by atoms with Crippen LogP contribution in [-0.4, -0.2) is 33.1 Å². The van der Waals surface area contributed by atoms with E-state index in [0.29, 0.717) is 0 Å². The van der Waals surface area contributed by atoms with Crippen LogP contribution in [0.1, 0.15) is 11.7 Å². The normalized spacial score (nSPS) is 25.3. The van der Waals surface area contributed by atoms with Crippen molar-refractivity contribution >= 4 is 0 Å². The first kappa shape index (κ1) is 9.11. The number of benzene rings is 1. The second-order valence-corrected chi connectivity index (χ2v) is 3.20. The van der Waals surface area contributed by atoms with Gasteiger partial charge in [0.25, 0.3) is 0 Å². The molecule has 0 spiro atoms. The molecule has 2 rings (SSSR count). The van der Waals surface area contributed by atoms with Crippen LogP contribution < -0.4 is 4.74 Å². The number of hydrogen-bond donors (Lipinski definition) is 4. The smallest absolute Gasteiger partial charge is 0.132 e. The first-order chi connectivity index (χ1) is 6.59. The Hall–Kier alpha value is -1.46. The van der Waals surface area contributed by atoms with E-state index in [-0.39, 0.29) is 29.4 Å². The average molecular weight is 198 g/mol. The fourth-order valence-corrected chi connectivity index (χ4v) is 1.47. The number of aliphatic hydroxyl groups is 2. The summed E-state index contributed by atoms with van der Waals surface area (Å²) in [5.74, 6) is -0.239. The summed E-state index contributed by atoms with van der Waals surface area (Å²) in [7, 11) is 0. The Bertz CT molecular complexity index is 362. The van der Waals surface area contributed by atoms with Crippen LogP contribution in [0.25, 0.3) is 0 Å². The number of hydrogen-bond acceptors (Lipinski definition) is 5. The van der Waals surface area contributed by atoms with E-state index in [4.69, 9.17) is 9.84 Å². The summed E-state index contributed by atoms with van der Waals surface area (Å²) in [5.41, 5.74) is 0.113. The molecular weight excluding hydrogens is 188 g/mol. The highest BCUT2D eigenvalue weighted by atomic mass is 16.5. The zero-order valence-electron chi connectivity index (χ0n) is 7.21. The summed E-state index contributed by atoms with van der Waals surface area (Å²) >= 11 is 0. The van der Waals surface area contributed by atoms with Crippen molar-refractivity contribution in [3.63, 3.8) is 0 Å². The van der Waals surface area contributed by atoms with Crippen LogP contribution in [0.2, 0.25) is 0 Å². The van der Waals surface area contributed by atoms with Crippen molar-refractivity contribution in [2.24, 2.45) is 0 Å². The van der Waals surface area contributed by atoms with Crippen LogP contribution >= 0.6 is 0 Å². The van der Waals surface area contributed by atoms with Crippen molar-refractivity contribution in [1.82, 2.24) is 0 Å². The Kier molecular flexibility index (Phi) is 1.98. The molecule has 0 saturated heterocycles. The van der Waals surface area contributed by atoms with Crippen molar-refractivity contribution in [1.29, 1.82) is 0 Å². The van der Waals surface area contributed by atoms with E-state index in [9.17, 15) is 15.3 Å². The van der Waals surface area contributed by atoms with E-state index in [0.717, 1.165) is 6.07 Å². The third-order valence-corrected chi connectivity index (χ3v) is 2.17. The molecule has 0 saturated carbocycles. The van der Waals surface area contributed by atoms with Gasteiger partial charge in [-0.3, -0.25) is 0 Å². The minimum atomic E-state index is -1.18. The highest BCUT2D eigenvalue weighted by Gasteiger charge is 2.30. The monoisotopic (exact) mass is 198 g/mol. The van der Waals surface area contributed by atoms with Gasteiger partial charge in [-0.1, -0.05) is 0 Å². The topological polar surface area (TPSA) is 90.2 Å². The molecule has 1 aromatic rings. The van der Waals surface area contributed by atoms with Gasteiger partial charge in [0.2, 0.25) is 0 Å². The second kappa shape index (κ2) is 3.04. The first-order valence-corrected chi connectivity index (χ1v) is 4.14. The van der Waals surface area contributed by atoms with E-state index < -0.39 is 12.2 Å². The number of aromatic hydroxyl groups is 2. The zero-order chi connectivity index (χ0) is 10.3. The van der Waals surface area contributed by atoms with Crippen LogP contribution in [-0.2, 0) is 0 Å². The summed E-state index contributed by atoms with van der Waals surface area (Å²) in [6.07, 6.45) is -2.24. The highest BCUT2D eigenvalue weighted by Crippen LogP contribution is 2.41. The van der Waals surface area contributed by atoms with Crippen molar-refractivity contribution in [3.05, 3.63) is 17.7 Å². The molecule has 76 valence electrons. The SMILES string of the molecule is Oc1cc(O)c2c(c1)OC[C@@H](O)C2O. The van der Waals surface area contributed by atoms with E-state index >= 15 is 0 Å². The molecule has 0 aromatic heterocycles. The summed E-state index contributed by atoms with van der Waals surface area (Å²) in [5, 5.41) is 37.4. The summed E-state index contributed by atoms with van der Waals surface area (Å²) in [6.45, 7) is -0.0585. The lowest BCUT2D eigenvalue weighted by atomic mass is 10.00. The number of ether oxygens (including phenoxy) is 1. The second-order valence-electron chi connectivity index (χ2n) is 3.20. The Morgan fingerprint density at radius 3 is 2.64 bits per heavy atom. The largest absolute Gasteiger partial charge is 0.508 e. The molecule has 5 heteroatoms. The average Bonchev–Trinajstić information content (AvgIpc) is 2.10. The number of rotatable bonds is 0.